The normalized spacial score (nSPS) is 22.0. The lowest BCUT2D eigenvalue weighted by molar-refractivity contribution is -0.130. The molecule has 0 unspecified atom stereocenters. The van der Waals surface area contributed by atoms with E-state index in [1.165, 1.54) is 16.3 Å². The Kier molecular flexibility index (Phi) is 4.40. The van der Waals surface area contributed by atoms with Crippen molar-refractivity contribution in [3.63, 3.8) is 0 Å². The number of nitrogens with one attached hydrogen (secondary N) is 1. The van der Waals surface area contributed by atoms with Gasteiger partial charge in [0.1, 0.15) is 0 Å². The summed E-state index contributed by atoms with van der Waals surface area (Å²) in [5.41, 5.74) is 0.843. The Morgan fingerprint density at radius 3 is 2.61 bits per heavy atom. The molecule has 0 spiro atoms. The number of ether oxygens (including phenoxy) is 1. The lowest BCUT2D eigenvalue weighted by Gasteiger charge is -2.32. The Balaban J connectivity index is 1.73. The fourth-order valence-corrected chi connectivity index (χ4v) is 2.97. The highest BCUT2D eigenvalue weighted by Gasteiger charge is 2.29. The van der Waals surface area contributed by atoms with Crippen molar-refractivity contribution in [3.8, 4) is 0 Å². The first kappa shape index (κ1) is 16.0. The Labute approximate surface area is 138 Å². The minimum atomic E-state index is -0.350. The van der Waals surface area contributed by atoms with E-state index in [0.717, 1.165) is 12.8 Å². The topological polar surface area (TPSA) is 38.3 Å². The zero-order valence-electron chi connectivity index (χ0n) is 14.1. The molecule has 122 valence electrons. The summed E-state index contributed by atoms with van der Waals surface area (Å²) < 4.78 is 5.96. The molecular weight excluding hydrogens is 286 g/mol. The van der Waals surface area contributed by atoms with Crippen molar-refractivity contribution in [1.82, 2.24) is 5.32 Å². The summed E-state index contributed by atoms with van der Waals surface area (Å²) in [5.74, 6) is 0.113. The summed E-state index contributed by atoms with van der Waals surface area (Å²) in [5, 5.41) is 5.65. The van der Waals surface area contributed by atoms with Crippen LogP contribution in [0.3, 0.4) is 0 Å². The molecule has 0 aliphatic carbocycles. The van der Waals surface area contributed by atoms with Crippen LogP contribution >= 0.6 is 0 Å². The van der Waals surface area contributed by atoms with Crippen LogP contribution in [0.4, 0.5) is 0 Å². The van der Waals surface area contributed by atoms with Gasteiger partial charge in [-0.05, 0) is 35.2 Å². The molecule has 3 rings (SSSR count). The maximum atomic E-state index is 12.2. The molecule has 3 heteroatoms. The summed E-state index contributed by atoms with van der Waals surface area (Å²) in [6, 6.07) is 15.0. The quantitative estimate of drug-likeness (QED) is 0.901. The van der Waals surface area contributed by atoms with E-state index >= 15 is 0 Å². The van der Waals surface area contributed by atoms with E-state index in [1.54, 1.807) is 0 Å². The van der Waals surface area contributed by atoms with Crippen LogP contribution in [-0.2, 0) is 9.53 Å². The van der Waals surface area contributed by atoms with Crippen LogP contribution in [0.5, 0.6) is 0 Å². The number of hydrogen-bond donors (Lipinski definition) is 1. The van der Waals surface area contributed by atoms with Crippen molar-refractivity contribution in [2.45, 2.75) is 45.8 Å². The molecular formula is C20H25NO2. The number of carbonyl (C=O) groups excluding carboxylic acids is 1. The second-order valence-electron chi connectivity index (χ2n) is 7.41. The minimum absolute atomic E-state index is 0.0543. The SMILES string of the molecule is CC(C)(C)C(=O)N[C@H]1CCO[C@@H](c2ccc3ccccc3c2)C1. The predicted octanol–water partition coefficient (Wildman–Crippen LogP) is 4.22. The van der Waals surface area contributed by atoms with E-state index < -0.39 is 0 Å². The highest BCUT2D eigenvalue weighted by atomic mass is 16.5. The van der Waals surface area contributed by atoms with Crippen LogP contribution in [0.2, 0.25) is 0 Å². The molecule has 1 N–H and O–H groups in total. The molecule has 2 atom stereocenters. The molecule has 0 aromatic heterocycles. The third kappa shape index (κ3) is 3.73. The Morgan fingerprint density at radius 1 is 1.13 bits per heavy atom. The van der Waals surface area contributed by atoms with E-state index in [0.29, 0.717) is 6.61 Å². The van der Waals surface area contributed by atoms with E-state index in [2.05, 4.69) is 47.8 Å². The Morgan fingerprint density at radius 2 is 1.87 bits per heavy atom. The molecule has 1 aliphatic rings. The predicted molar refractivity (Wildman–Crippen MR) is 93.3 cm³/mol. The first-order valence-electron chi connectivity index (χ1n) is 8.35. The lowest BCUT2D eigenvalue weighted by atomic mass is 9.92. The van der Waals surface area contributed by atoms with Gasteiger partial charge in [-0.1, -0.05) is 57.2 Å². The molecule has 2 aromatic carbocycles. The first-order chi connectivity index (χ1) is 10.9. The standard InChI is InChI=1S/C20H25NO2/c1-20(2,3)19(22)21-17-10-11-23-18(13-17)16-9-8-14-6-4-5-7-15(14)12-16/h4-9,12,17-18H,10-11,13H2,1-3H3,(H,21,22)/t17-,18+/m0/s1. The average Bonchev–Trinajstić information content (AvgIpc) is 2.54. The molecule has 0 bridgehead atoms. The number of amides is 1. The number of benzene rings is 2. The van der Waals surface area contributed by atoms with Gasteiger partial charge in [0.25, 0.3) is 0 Å². The average molecular weight is 311 g/mol. The minimum Gasteiger partial charge on any atom is -0.373 e. The van der Waals surface area contributed by atoms with E-state index in [-0.39, 0.29) is 23.5 Å². The molecule has 1 aliphatic heterocycles. The molecule has 1 fully saturated rings. The van der Waals surface area contributed by atoms with Gasteiger partial charge in [0.2, 0.25) is 5.91 Å². The van der Waals surface area contributed by atoms with Crippen LogP contribution in [-0.4, -0.2) is 18.6 Å². The highest BCUT2D eigenvalue weighted by molar-refractivity contribution is 5.83. The van der Waals surface area contributed by atoms with Crippen LogP contribution < -0.4 is 5.32 Å². The summed E-state index contributed by atoms with van der Waals surface area (Å²) >= 11 is 0. The van der Waals surface area contributed by atoms with Crippen molar-refractivity contribution in [2.75, 3.05) is 6.61 Å². The lowest BCUT2D eigenvalue weighted by Crippen LogP contribution is -2.44. The fraction of sp³-hybridized carbons (Fsp3) is 0.450. The molecule has 0 radical (unpaired) electrons. The molecule has 23 heavy (non-hydrogen) atoms. The van der Waals surface area contributed by atoms with Gasteiger partial charge >= 0.3 is 0 Å². The molecule has 1 heterocycles. The van der Waals surface area contributed by atoms with Crippen molar-refractivity contribution >= 4 is 16.7 Å². The zero-order valence-corrected chi connectivity index (χ0v) is 14.1. The summed E-state index contributed by atoms with van der Waals surface area (Å²) in [6.45, 7) is 6.53. The summed E-state index contributed by atoms with van der Waals surface area (Å²) in [4.78, 5) is 12.2. The van der Waals surface area contributed by atoms with Gasteiger partial charge in [-0.15, -0.1) is 0 Å². The third-order valence-corrected chi connectivity index (χ3v) is 4.45. The smallest absolute Gasteiger partial charge is 0.225 e. The van der Waals surface area contributed by atoms with Gasteiger partial charge in [0.05, 0.1) is 6.10 Å². The molecule has 2 aromatic rings. The maximum absolute atomic E-state index is 12.2. The Hall–Kier alpha value is -1.87. The summed E-state index contributed by atoms with van der Waals surface area (Å²) in [7, 11) is 0. The van der Waals surface area contributed by atoms with Crippen molar-refractivity contribution in [3.05, 3.63) is 48.0 Å². The first-order valence-corrected chi connectivity index (χ1v) is 8.35. The zero-order chi connectivity index (χ0) is 16.4. The van der Waals surface area contributed by atoms with Gasteiger partial charge in [-0.25, -0.2) is 0 Å². The van der Waals surface area contributed by atoms with Crippen molar-refractivity contribution in [1.29, 1.82) is 0 Å². The monoisotopic (exact) mass is 311 g/mol. The van der Waals surface area contributed by atoms with Crippen LogP contribution in [0.15, 0.2) is 42.5 Å². The van der Waals surface area contributed by atoms with Gasteiger partial charge in [0, 0.05) is 18.1 Å². The Bertz CT molecular complexity index is 702. The maximum Gasteiger partial charge on any atom is 0.225 e. The van der Waals surface area contributed by atoms with Gasteiger partial charge in [-0.3, -0.25) is 4.79 Å². The van der Waals surface area contributed by atoms with Crippen LogP contribution in [0.1, 0.15) is 45.3 Å². The van der Waals surface area contributed by atoms with Gasteiger partial charge in [0.15, 0.2) is 0 Å². The van der Waals surface area contributed by atoms with Crippen molar-refractivity contribution in [2.24, 2.45) is 5.41 Å². The van der Waals surface area contributed by atoms with E-state index in [4.69, 9.17) is 4.74 Å². The molecule has 3 nitrogen and oxygen atoms in total. The van der Waals surface area contributed by atoms with E-state index in [9.17, 15) is 4.79 Å². The second kappa shape index (κ2) is 6.32. The van der Waals surface area contributed by atoms with Crippen LogP contribution in [0, 0.1) is 5.41 Å². The highest BCUT2D eigenvalue weighted by Crippen LogP contribution is 2.30. The van der Waals surface area contributed by atoms with E-state index in [1.807, 2.05) is 20.8 Å². The number of rotatable bonds is 2. The van der Waals surface area contributed by atoms with Gasteiger partial charge in [-0.2, -0.15) is 0 Å². The van der Waals surface area contributed by atoms with Crippen LogP contribution in [0.25, 0.3) is 10.8 Å². The summed E-state index contributed by atoms with van der Waals surface area (Å²) in [6.07, 6.45) is 1.77. The molecule has 1 amide bonds. The second-order valence-corrected chi connectivity index (χ2v) is 7.41. The number of hydrogen-bond acceptors (Lipinski definition) is 2. The number of carbonyl (C=O) groups is 1. The van der Waals surface area contributed by atoms with Gasteiger partial charge < -0.3 is 10.1 Å². The van der Waals surface area contributed by atoms with Crippen molar-refractivity contribution < 1.29 is 9.53 Å². The number of fused-ring (bicyclic) bond motifs is 1. The molecule has 1 saturated heterocycles. The molecule has 0 saturated carbocycles. The largest absolute Gasteiger partial charge is 0.373 e. The fourth-order valence-electron chi connectivity index (χ4n) is 2.97. The third-order valence-electron chi connectivity index (χ3n) is 4.45.